The van der Waals surface area contributed by atoms with Gasteiger partial charge in [0.2, 0.25) is 5.95 Å². The molecule has 0 aliphatic carbocycles. The summed E-state index contributed by atoms with van der Waals surface area (Å²) in [5.74, 6) is 0.724. The maximum absolute atomic E-state index is 13.8. The summed E-state index contributed by atoms with van der Waals surface area (Å²) in [4.78, 5) is 8.85. The van der Waals surface area contributed by atoms with Crippen LogP contribution in [-0.2, 0) is 16.4 Å². The number of sulfonamides is 1. The molecule has 4 aromatic rings. The lowest BCUT2D eigenvalue weighted by atomic mass is 10.0. The number of hydrogen-bond acceptors (Lipinski definition) is 7. The van der Waals surface area contributed by atoms with Gasteiger partial charge in [-0.15, -0.1) is 0 Å². The van der Waals surface area contributed by atoms with Gasteiger partial charge in [0.25, 0.3) is 10.0 Å². The molecule has 0 bridgehead atoms. The molecule has 10 heteroatoms. The normalized spacial score (nSPS) is 16.4. The third-order valence-corrected chi connectivity index (χ3v) is 7.94. The number of fused-ring (bicyclic) bond motifs is 2. The number of rotatable bonds is 4. The minimum Gasteiger partial charge on any atom is -0.368 e. The fraction of sp³-hybridized carbons (Fsp3) is 0.261. The lowest BCUT2D eigenvalue weighted by Gasteiger charge is -2.25. The number of H-pyrrole nitrogens is 1. The van der Waals surface area contributed by atoms with E-state index in [-0.39, 0.29) is 12.0 Å². The van der Waals surface area contributed by atoms with Gasteiger partial charge in [-0.1, -0.05) is 30.3 Å². The van der Waals surface area contributed by atoms with E-state index in [9.17, 15) is 8.42 Å². The van der Waals surface area contributed by atoms with Crippen LogP contribution in [0.5, 0.6) is 0 Å². The highest BCUT2D eigenvalue weighted by Crippen LogP contribution is 2.33. The number of anilines is 3. The van der Waals surface area contributed by atoms with E-state index in [2.05, 4.69) is 25.5 Å². The average molecular weight is 464 g/mol. The number of benzene rings is 2. The number of nitrogens with two attached hydrogens (primary N) is 1. The first-order valence-corrected chi connectivity index (χ1v) is 12.2. The van der Waals surface area contributed by atoms with Crippen molar-refractivity contribution >= 4 is 38.5 Å². The van der Waals surface area contributed by atoms with Crippen molar-refractivity contribution in [2.75, 3.05) is 21.9 Å². The van der Waals surface area contributed by atoms with E-state index >= 15 is 0 Å². The summed E-state index contributed by atoms with van der Waals surface area (Å²) in [5, 5.41) is 11.0. The molecule has 170 valence electrons. The number of para-hydroxylation sites is 1. The molecule has 9 nitrogen and oxygen atoms in total. The van der Waals surface area contributed by atoms with Gasteiger partial charge in [0.1, 0.15) is 5.82 Å². The Morgan fingerprint density at radius 1 is 1.15 bits per heavy atom. The summed E-state index contributed by atoms with van der Waals surface area (Å²) < 4.78 is 29.1. The average Bonchev–Trinajstić information content (AvgIpc) is 3.16. The van der Waals surface area contributed by atoms with Crippen molar-refractivity contribution < 1.29 is 8.42 Å². The minimum absolute atomic E-state index is 0.0580. The van der Waals surface area contributed by atoms with Gasteiger partial charge in [0, 0.05) is 12.6 Å². The van der Waals surface area contributed by atoms with Crippen molar-refractivity contribution in [2.45, 2.75) is 37.6 Å². The Labute approximate surface area is 192 Å². The lowest BCUT2D eigenvalue weighted by molar-refractivity contribution is 0.586. The fourth-order valence-electron chi connectivity index (χ4n) is 4.32. The van der Waals surface area contributed by atoms with Crippen LogP contribution in [0.1, 0.15) is 23.1 Å². The number of nitrogen functional groups attached to an aromatic ring is 1. The van der Waals surface area contributed by atoms with Gasteiger partial charge in [-0.3, -0.25) is 9.40 Å². The molecule has 0 fully saturated rings. The zero-order valence-corrected chi connectivity index (χ0v) is 19.2. The van der Waals surface area contributed by atoms with Crippen molar-refractivity contribution in [3.63, 3.8) is 0 Å². The molecule has 0 amide bonds. The maximum Gasteiger partial charge on any atom is 0.264 e. The lowest BCUT2D eigenvalue weighted by Crippen LogP contribution is -2.34. The topological polar surface area (TPSA) is 130 Å². The summed E-state index contributed by atoms with van der Waals surface area (Å²) >= 11 is 0. The second-order valence-corrected chi connectivity index (χ2v) is 10.2. The van der Waals surface area contributed by atoms with Crippen LogP contribution in [0.2, 0.25) is 0 Å². The molecule has 3 heterocycles. The Morgan fingerprint density at radius 3 is 2.82 bits per heavy atom. The summed E-state index contributed by atoms with van der Waals surface area (Å²) in [6.45, 7) is 4.06. The molecule has 0 spiro atoms. The van der Waals surface area contributed by atoms with Gasteiger partial charge in [-0.2, -0.15) is 15.1 Å². The first kappa shape index (κ1) is 21.2. The number of nitrogens with one attached hydrogen (secondary N) is 2. The van der Waals surface area contributed by atoms with Crippen LogP contribution in [0.4, 0.5) is 17.5 Å². The molecular formula is C23H25N7O2S. The maximum atomic E-state index is 13.8. The van der Waals surface area contributed by atoms with E-state index in [4.69, 9.17) is 5.73 Å². The first-order valence-electron chi connectivity index (χ1n) is 10.7. The molecule has 0 radical (unpaired) electrons. The molecule has 1 aliphatic rings. The Hall–Kier alpha value is -3.66. The molecule has 5 rings (SSSR count). The van der Waals surface area contributed by atoms with Crippen molar-refractivity contribution in [2.24, 2.45) is 0 Å². The van der Waals surface area contributed by atoms with Crippen molar-refractivity contribution in [1.29, 1.82) is 0 Å². The van der Waals surface area contributed by atoms with Crippen molar-refractivity contribution in [3.05, 3.63) is 65.4 Å². The summed E-state index contributed by atoms with van der Waals surface area (Å²) in [5.41, 5.74) is 9.72. The predicted octanol–water partition coefficient (Wildman–Crippen LogP) is 3.17. The molecule has 4 N–H and O–H groups in total. The van der Waals surface area contributed by atoms with E-state index in [0.717, 1.165) is 22.1 Å². The highest BCUT2D eigenvalue weighted by molar-refractivity contribution is 7.92. The molecule has 1 aliphatic heterocycles. The fourth-order valence-corrected chi connectivity index (χ4v) is 6.15. The van der Waals surface area contributed by atoms with Crippen LogP contribution >= 0.6 is 0 Å². The summed E-state index contributed by atoms with van der Waals surface area (Å²) in [7, 11) is -3.74. The van der Waals surface area contributed by atoms with Gasteiger partial charge in [0.15, 0.2) is 5.65 Å². The summed E-state index contributed by atoms with van der Waals surface area (Å²) in [6, 6.07) is 13.1. The van der Waals surface area contributed by atoms with Gasteiger partial charge in [-0.05, 0) is 55.5 Å². The zero-order chi connectivity index (χ0) is 23.2. The largest absolute Gasteiger partial charge is 0.368 e. The molecule has 1 unspecified atom stereocenters. The van der Waals surface area contributed by atoms with Crippen LogP contribution < -0.4 is 15.4 Å². The van der Waals surface area contributed by atoms with Crippen molar-refractivity contribution in [3.8, 4) is 0 Å². The molecule has 33 heavy (non-hydrogen) atoms. The second kappa shape index (κ2) is 8.04. The number of aryl methyl sites for hydroxylation is 2. The molecule has 1 atom stereocenters. The molecule has 0 saturated heterocycles. The Kier molecular flexibility index (Phi) is 5.16. The van der Waals surface area contributed by atoms with Crippen LogP contribution in [0, 0.1) is 13.8 Å². The van der Waals surface area contributed by atoms with E-state index < -0.39 is 10.0 Å². The predicted molar refractivity (Wildman–Crippen MR) is 129 cm³/mol. The quantitative estimate of drug-likeness (QED) is 0.424. The smallest absolute Gasteiger partial charge is 0.264 e. The third-order valence-electron chi connectivity index (χ3n) is 5.99. The number of hydrogen-bond donors (Lipinski definition) is 3. The van der Waals surface area contributed by atoms with Crippen LogP contribution in [0.15, 0.2) is 53.6 Å². The van der Waals surface area contributed by atoms with Gasteiger partial charge < -0.3 is 11.1 Å². The SMILES string of the molecule is Cc1ccc(C)c(S(=O)(=O)N2CCC(Nc3nc(N)nc4[nH]ncc34)Cc3ccccc32)c1. The highest BCUT2D eigenvalue weighted by Gasteiger charge is 2.32. The van der Waals surface area contributed by atoms with Crippen LogP contribution in [0.3, 0.4) is 0 Å². The molecular weight excluding hydrogens is 438 g/mol. The van der Waals surface area contributed by atoms with Gasteiger partial charge in [0.05, 0.1) is 22.2 Å². The number of nitrogens with zero attached hydrogens (tertiary/aromatic N) is 4. The number of aromatic amines is 1. The Bertz CT molecular complexity index is 1450. The highest BCUT2D eigenvalue weighted by atomic mass is 32.2. The number of aromatic nitrogens is 4. The second-order valence-electron chi connectivity index (χ2n) is 8.37. The molecule has 2 aromatic carbocycles. The van der Waals surface area contributed by atoms with Gasteiger partial charge >= 0.3 is 0 Å². The van der Waals surface area contributed by atoms with E-state index in [1.807, 2.05) is 50.2 Å². The Balaban J connectivity index is 1.52. The van der Waals surface area contributed by atoms with Gasteiger partial charge in [-0.25, -0.2) is 8.42 Å². The standard InChI is InChI=1S/C23H25N7O2S/c1-14-7-8-15(2)20(11-14)33(31,32)30-10-9-17(12-16-5-3-4-6-19(16)30)26-21-18-13-25-29-22(18)28-23(24)27-21/h3-8,11,13,17H,9-10,12H2,1-2H3,(H4,24,25,26,27,28,29). The third kappa shape index (κ3) is 3.86. The Morgan fingerprint density at radius 2 is 1.97 bits per heavy atom. The molecule has 2 aromatic heterocycles. The summed E-state index contributed by atoms with van der Waals surface area (Å²) in [6.07, 6.45) is 2.87. The zero-order valence-electron chi connectivity index (χ0n) is 18.4. The van der Waals surface area contributed by atoms with Crippen molar-refractivity contribution in [1.82, 2.24) is 20.2 Å². The monoisotopic (exact) mass is 463 g/mol. The van der Waals surface area contributed by atoms with Crippen LogP contribution in [-0.4, -0.2) is 41.2 Å². The minimum atomic E-state index is -3.74. The van der Waals surface area contributed by atoms with Crippen LogP contribution in [0.25, 0.3) is 11.0 Å². The van der Waals surface area contributed by atoms with E-state index in [1.54, 1.807) is 12.3 Å². The first-order chi connectivity index (χ1) is 15.8. The molecule has 0 saturated carbocycles. The van der Waals surface area contributed by atoms with E-state index in [1.165, 1.54) is 4.31 Å². The van der Waals surface area contributed by atoms with E-state index in [0.29, 0.717) is 41.4 Å².